The van der Waals surface area contributed by atoms with Gasteiger partial charge in [-0.2, -0.15) is 0 Å². The number of hydrogen-bond acceptors (Lipinski definition) is 2. The fraction of sp³-hybridized carbons (Fsp3) is 0.400. The van der Waals surface area contributed by atoms with E-state index in [1.807, 2.05) is 11.8 Å². The molecule has 1 aliphatic rings. The number of benzene rings is 1. The zero-order valence-electron chi connectivity index (χ0n) is 7.16. The quantitative estimate of drug-likeness (QED) is 0.715. The maximum absolute atomic E-state index is 5.73. The molecule has 1 heterocycles. The Morgan fingerprint density at radius 3 is 2.92 bits per heavy atom. The molecule has 0 radical (unpaired) electrons. The van der Waals surface area contributed by atoms with Crippen LogP contribution >= 0.6 is 11.8 Å². The molecule has 0 bridgehead atoms. The highest BCUT2D eigenvalue weighted by atomic mass is 32.2. The van der Waals surface area contributed by atoms with Crippen LogP contribution in [-0.4, -0.2) is 11.8 Å². The molecule has 0 spiro atoms. The summed E-state index contributed by atoms with van der Waals surface area (Å²) in [4.78, 5) is 1.42. The highest BCUT2D eigenvalue weighted by molar-refractivity contribution is 8.00. The molecular formula is C10H13NS. The van der Waals surface area contributed by atoms with Gasteiger partial charge in [0.25, 0.3) is 0 Å². The highest BCUT2D eigenvalue weighted by Gasteiger charge is 2.28. The summed E-state index contributed by atoms with van der Waals surface area (Å²) in [5.41, 5.74) is 7.17. The summed E-state index contributed by atoms with van der Waals surface area (Å²) in [7, 11) is 0. The van der Waals surface area contributed by atoms with E-state index in [1.54, 1.807) is 0 Å². The fourth-order valence-electron chi connectivity index (χ4n) is 1.75. The number of hydrogen-bond donors (Lipinski definition) is 1. The van der Waals surface area contributed by atoms with Crippen molar-refractivity contribution in [3.63, 3.8) is 0 Å². The Balaban J connectivity index is 2.40. The molecule has 0 amide bonds. The molecular weight excluding hydrogens is 166 g/mol. The maximum atomic E-state index is 5.73. The lowest BCUT2D eigenvalue weighted by molar-refractivity contribution is 0.697. The Kier molecular flexibility index (Phi) is 2.11. The summed E-state index contributed by atoms with van der Waals surface area (Å²) in [5, 5.41) is 0.646. The van der Waals surface area contributed by atoms with Crippen LogP contribution in [0.1, 0.15) is 18.4 Å². The van der Waals surface area contributed by atoms with Gasteiger partial charge in [-0.25, -0.2) is 0 Å². The van der Waals surface area contributed by atoms with E-state index < -0.39 is 0 Å². The van der Waals surface area contributed by atoms with Crippen molar-refractivity contribution in [2.24, 2.45) is 5.73 Å². The molecule has 64 valence electrons. The van der Waals surface area contributed by atoms with Crippen molar-refractivity contribution in [3.8, 4) is 0 Å². The van der Waals surface area contributed by atoms with Gasteiger partial charge in [-0.1, -0.05) is 25.1 Å². The lowest BCUT2D eigenvalue weighted by atomic mass is 9.97. The Labute approximate surface area is 77.3 Å². The molecule has 12 heavy (non-hydrogen) atoms. The van der Waals surface area contributed by atoms with E-state index in [4.69, 9.17) is 5.73 Å². The van der Waals surface area contributed by atoms with Crippen molar-refractivity contribution in [2.75, 3.05) is 6.54 Å². The van der Waals surface area contributed by atoms with E-state index in [9.17, 15) is 0 Å². The maximum Gasteiger partial charge on any atom is 0.0147 e. The second kappa shape index (κ2) is 3.11. The van der Waals surface area contributed by atoms with E-state index in [0.29, 0.717) is 11.2 Å². The summed E-state index contributed by atoms with van der Waals surface area (Å²) in [5.74, 6) is 0.561. The van der Waals surface area contributed by atoms with Gasteiger partial charge in [0.15, 0.2) is 0 Å². The zero-order valence-corrected chi connectivity index (χ0v) is 7.97. The second-order valence-electron chi connectivity index (χ2n) is 3.20. The van der Waals surface area contributed by atoms with Crippen LogP contribution in [-0.2, 0) is 0 Å². The molecule has 2 heteroatoms. The van der Waals surface area contributed by atoms with Crippen LogP contribution in [0, 0.1) is 0 Å². The fourth-order valence-corrected chi connectivity index (χ4v) is 3.08. The third-order valence-corrected chi connectivity index (χ3v) is 3.78. The van der Waals surface area contributed by atoms with E-state index in [2.05, 4.69) is 31.2 Å². The number of rotatable bonds is 1. The monoisotopic (exact) mass is 179 g/mol. The molecule has 1 nitrogen and oxygen atoms in total. The van der Waals surface area contributed by atoms with Crippen LogP contribution in [0.15, 0.2) is 29.2 Å². The minimum atomic E-state index is 0.561. The largest absolute Gasteiger partial charge is 0.330 e. The van der Waals surface area contributed by atoms with Crippen LogP contribution < -0.4 is 5.73 Å². The van der Waals surface area contributed by atoms with Gasteiger partial charge in [-0.15, -0.1) is 11.8 Å². The third kappa shape index (κ3) is 1.15. The van der Waals surface area contributed by atoms with Crippen molar-refractivity contribution in [3.05, 3.63) is 29.8 Å². The average molecular weight is 179 g/mol. The molecule has 2 rings (SSSR count). The Hall–Kier alpha value is -0.470. The van der Waals surface area contributed by atoms with Crippen molar-refractivity contribution >= 4 is 11.8 Å². The predicted octanol–water partition coefficient (Wildman–Crippen LogP) is 2.22. The Morgan fingerprint density at radius 2 is 2.17 bits per heavy atom. The van der Waals surface area contributed by atoms with Gasteiger partial charge in [0.1, 0.15) is 0 Å². The normalized spacial score (nSPS) is 27.2. The average Bonchev–Trinajstić information content (AvgIpc) is 2.40. The third-order valence-electron chi connectivity index (χ3n) is 2.45. The summed E-state index contributed by atoms with van der Waals surface area (Å²) in [6.07, 6.45) is 0. The van der Waals surface area contributed by atoms with Crippen molar-refractivity contribution in [2.45, 2.75) is 23.0 Å². The summed E-state index contributed by atoms with van der Waals surface area (Å²) < 4.78 is 0. The molecule has 1 aliphatic heterocycles. The van der Waals surface area contributed by atoms with Gasteiger partial charge in [-0.3, -0.25) is 0 Å². The SMILES string of the molecule is CC1Sc2ccccc2C1CN. The van der Waals surface area contributed by atoms with E-state index >= 15 is 0 Å². The number of thioether (sulfide) groups is 1. The number of fused-ring (bicyclic) bond motifs is 1. The van der Waals surface area contributed by atoms with Gasteiger partial charge >= 0.3 is 0 Å². The zero-order chi connectivity index (χ0) is 8.55. The van der Waals surface area contributed by atoms with Crippen LogP contribution in [0.3, 0.4) is 0 Å². The Bertz CT molecular complexity index is 285. The lowest BCUT2D eigenvalue weighted by Gasteiger charge is -2.11. The van der Waals surface area contributed by atoms with Gasteiger partial charge < -0.3 is 5.73 Å². The minimum absolute atomic E-state index is 0.561. The molecule has 2 N–H and O–H groups in total. The van der Waals surface area contributed by atoms with Crippen LogP contribution in [0.4, 0.5) is 0 Å². The smallest absolute Gasteiger partial charge is 0.0147 e. The van der Waals surface area contributed by atoms with Gasteiger partial charge in [0.05, 0.1) is 0 Å². The topological polar surface area (TPSA) is 26.0 Å². The first-order chi connectivity index (χ1) is 5.83. The van der Waals surface area contributed by atoms with Crippen molar-refractivity contribution < 1.29 is 0 Å². The number of nitrogens with two attached hydrogens (primary N) is 1. The van der Waals surface area contributed by atoms with E-state index in [0.717, 1.165) is 6.54 Å². The van der Waals surface area contributed by atoms with E-state index in [-0.39, 0.29) is 0 Å². The second-order valence-corrected chi connectivity index (χ2v) is 4.62. The molecule has 0 aromatic heterocycles. The first kappa shape index (κ1) is 8.14. The minimum Gasteiger partial charge on any atom is -0.330 e. The first-order valence-electron chi connectivity index (χ1n) is 4.28. The van der Waals surface area contributed by atoms with Crippen LogP contribution in [0.25, 0.3) is 0 Å². The molecule has 1 aromatic rings. The Morgan fingerprint density at radius 1 is 1.42 bits per heavy atom. The van der Waals surface area contributed by atoms with Gasteiger partial charge in [0.2, 0.25) is 0 Å². The van der Waals surface area contributed by atoms with Gasteiger partial charge in [-0.05, 0) is 11.6 Å². The summed E-state index contributed by atoms with van der Waals surface area (Å²) in [6.45, 7) is 3.02. The molecule has 0 fully saturated rings. The standard InChI is InChI=1S/C10H13NS/c1-7-9(6-11)8-4-2-3-5-10(8)12-7/h2-5,7,9H,6,11H2,1H3. The highest BCUT2D eigenvalue weighted by Crippen LogP contribution is 2.44. The van der Waals surface area contributed by atoms with Gasteiger partial charge in [0, 0.05) is 22.6 Å². The molecule has 0 saturated carbocycles. The van der Waals surface area contributed by atoms with E-state index in [1.165, 1.54) is 10.5 Å². The van der Waals surface area contributed by atoms with Crippen LogP contribution in [0.2, 0.25) is 0 Å². The lowest BCUT2D eigenvalue weighted by Crippen LogP contribution is -2.17. The molecule has 1 aromatic carbocycles. The summed E-state index contributed by atoms with van der Waals surface area (Å²) in [6, 6.07) is 8.58. The molecule has 0 saturated heterocycles. The predicted molar refractivity (Wildman–Crippen MR) is 53.6 cm³/mol. The molecule has 0 aliphatic carbocycles. The summed E-state index contributed by atoms with van der Waals surface area (Å²) >= 11 is 1.94. The van der Waals surface area contributed by atoms with Crippen molar-refractivity contribution in [1.29, 1.82) is 0 Å². The van der Waals surface area contributed by atoms with Crippen LogP contribution in [0.5, 0.6) is 0 Å². The first-order valence-corrected chi connectivity index (χ1v) is 5.16. The molecule has 2 atom stereocenters. The van der Waals surface area contributed by atoms with Crippen molar-refractivity contribution in [1.82, 2.24) is 0 Å². The molecule has 2 unspecified atom stereocenters.